The second kappa shape index (κ2) is 4.20. The summed E-state index contributed by atoms with van der Waals surface area (Å²) in [6, 6.07) is 5.08. The number of rotatable bonds is 1. The number of nitrogens with two attached hydrogens (primary N) is 1. The van der Waals surface area contributed by atoms with E-state index in [-0.39, 0.29) is 0 Å². The first kappa shape index (κ1) is 11.9. The topological polar surface area (TPSA) is 82.5 Å². The van der Waals surface area contributed by atoms with Crippen LogP contribution < -0.4 is 5.73 Å². The van der Waals surface area contributed by atoms with Crippen LogP contribution in [0.4, 0.5) is 5.82 Å². The molecule has 0 radical (unpaired) electrons. The van der Waals surface area contributed by atoms with Crippen LogP contribution in [0.3, 0.4) is 0 Å². The number of nitrogens with zero attached hydrogens (tertiary/aromatic N) is 3. The largest absolute Gasteiger partial charge is 0.465 e. The van der Waals surface area contributed by atoms with Crippen LogP contribution in [0.25, 0.3) is 16.6 Å². The van der Waals surface area contributed by atoms with Crippen LogP contribution in [-0.4, -0.2) is 27.4 Å². The molecule has 0 aliphatic heterocycles. The lowest BCUT2D eigenvalue weighted by Crippen LogP contribution is -2.03. The summed E-state index contributed by atoms with van der Waals surface area (Å²) in [6.07, 6.45) is 1.63. The molecule has 0 amide bonds. The van der Waals surface area contributed by atoms with Gasteiger partial charge in [0.2, 0.25) is 0 Å². The van der Waals surface area contributed by atoms with Gasteiger partial charge in [0.1, 0.15) is 16.4 Å². The molecule has 0 unspecified atom stereocenters. The average molecular weight is 321 g/mol. The SMILES string of the molecule is COC(=O)c1ccc2nc(N)c3c(Br)ncn3c2c1. The minimum atomic E-state index is -0.397. The molecule has 2 heterocycles. The van der Waals surface area contributed by atoms with Gasteiger partial charge in [-0.15, -0.1) is 0 Å². The lowest BCUT2D eigenvalue weighted by atomic mass is 10.2. The number of carbonyl (C=O) groups is 1. The summed E-state index contributed by atoms with van der Waals surface area (Å²) in [5.74, 6) is -0.0197. The van der Waals surface area contributed by atoms with Crippen molar-refractivity contribution in [1.82, 2.24) is 14.4 Å². The van der Waals surface area contributed by atoms with Gasteiger partial charge in [0.05, 0.1) is 23.7 Å². The van der Waals surface area contributed by atoms with Gasteiger partial charge in [0, 0.05) is 0 Å². The fourth-order valence-electron chi connectivity index (χ4n) is 1.98. The molecule has 0 saturated heterocycles. The minimum Gasteiger partial charge on any atom is -0.465 e. The molecule has 7 heteroatoms. The summed E-state index contributed by atoms with van der Waals surface area (Å²) in [5.41, 5.74) is 8.45. The van der Waals surface area contributed by atoms with E-state index < -0.39 is 5.97 Å². The van der Waals surface area contributed by atoms with Gasteiger partial charge in [-0.25, -0.2) is 14.8 Å². The van der Waals surface area contributed by atoms with Crippen LogP contribution in [0.2, 0.25) is 0 Å². The summed E-state index contributed by atoms with van der Waals surface area (Å²) < 4.78 is 7.11. The molecule has 0 spiro atoms. The van der Waals surface area contributed by atoms with Crippen LogP contribution in [0.5, 0.6) is 0 Å². The first-order chi connectivity index (χ1) is 9.11. The number of benzene rings is 1. The highest BCUT2D eigenvalue weighted by Gasteiger charge is 2.13. The smallest absolute Gasteiger partial charge is 0.337 e. The maximum absolute atomic E-state index is 11.6. The van der Waals surface area contributed by atoms with E-state index >= 15 is 0 Å². The van der Waals surface area contributed by atoms with Gasteiger partial charge in [-0.1, -0.05) is 0 Å². The number of hydrogen-bond acceptors (Lipinski definition) is 5. The molecule has 3 aromatic rings. The van der Waals surface area contributed by atoms with Crippen molar-refractivity contribution < 1.29 is 9.53 Å². The van der Waals surface area contributed by atoms with Crippen molar-refractivity contribution in [3.63, 3.8) is 0 Å². The molecule has 96 valence electrons. The second-order valence-electron chi connectivity index (χ2n) is 3.95. The molecule has 0 fully saturated rings. The molecule has 1 aromatic carbocycles. The van der Waals surface area contributed by atoms with E-state index in [1.165, 1.54) is 7.11 Å². The average Bonchev–Trinajstić information content (AvgIpc) is 2.81. The minimum absolute atomic E-state index is 0.377. The van der Waals surface area contributed by atoms with Gasteiger partial charge in [0.15, 0.2) is 5.82 Å². The van der Waals surface area contributed by atoms with Crippen molar-refractivity contribution in [3.05, 3.63) is 34.7 Å². The molecule has 0 aliphatic rings. The summed E-state index contributed by atoms with van der Waals surface area (Å²) in [7, 11) is 1.34. The highest BCUT2D eigenvalue weighted by atomic mass is 79.9. The number of hydrogen-bond donors (Lipinski definition) is 1. The highest BCUT2D eigenvalue weighted by Crippen LogP contribution is 2.26. The Morgan fingerprint density at radius 1 is 1.47 bits per heavy atom. The predicted molar refractivity (Wildman–Crippen MR) is 73.9 cm³/mol. The normalized spacial score (nSPS) is 11.1. The lowest BCUT2D eigenvalue weighted by Gasteiger charge is -2.06. The summed E-state index contributed by atoms with van der Waals surface area (Å²) in [5, 5.41) is 0. The Labute approximate surface area is 116 Å². The zero-order chi connectivity index (χ0) is 13.6. The number of esters is 1. The van der Waals surface area contributed by atoms with Crippen molar-refractivity contribution in [2.75, 3.05) is 12.8 Å². The Bertz CT molecular complexity index is 812. The predicted octanol–water partition coefficient (Wildman–Crippen LogP) is 2.01. The molecular formula is C12H9BrN4O2. The number of anilines is 1. The van der Waals surface area contributed by atoms with Crippen LogP contribution in [-0.2, 0) is 4.74 Å². The van der Waals surface area contributed by atoms with Crippen molar-refractivity contribution in [2.45, 2.75) is 0 Å². The van der Waals surface area contributed by atoms with Crippen molar-refractivity contribution in [2.24, 2.45) is 0 Å². The van der Waals surface area contributed by atoms with Crippen LogP contribution in [0.1, 0.15) is 10.4 Å². The van der Waals surface area contributed by atoms with E-state index in [0.717, 1.165) is 5.52 Å². The van der Waals surface area contributed by atoms with Crippen molar-refractivity contribution in [3.8, 4) is 0 Å². The lowest BCUT2D eigenvalue weighted by molar-refractivity contribution is 0.0601. The number of fused-ring (bicyclic) bond motifs is 3. The van der Waals surface area contributed by atoms with Crippen molar-refractivity contribution >= 4 is 44.3 Å². The van der Waals surface area contributed by atoms with Crippen molar-refractivity contribution in [1.29, 1.82) is 0 Å². The van der Waals surface area contributed by atoms with Gasteiger partial charge in [-0.2, -0.15) is 0 Å². The number of halogens is 1. The molecule has 3 rings (SSSR count). The van der Waals surface area contributed by atoms with Gasteiger partial charge >= 0.3 is 5.97 Å². The Hall–Kier alpha value is -2.15. The van der Waals surface area contributed by atoms with Gasteiger partial charge in [-0.3, -0.25) is 4.40 Å². The molecule has 6 nitrogen and oxygen atoms in total. The standard InChI is InChI=1S/C12H9BrN4O2/c1-19-12(18)6-2-3-7-8(4-6)17-5-15-10(13)9(17)11(14)16-7/h2-5H,1H3,(H2,14,16). The number of carbonyl (C=O) groups excluding carboxylic acids is 1. The summed E-state index contributed by atoms with van der Waals surface area (Å²) in [6.45, 7) is 0. The molecule has 0 bridgehead atoms. The maximum atomic E-state index is 11.6. The van der Waals surface area contributed by atoms with Crippen LogP contribution in [0.15, 0.2) is 29.1 Å². The Morgan fingerprint density at radius 3 is 3.00 bits per heavy atom. The fraction of sp³-hybridized carbons (Fsp3) is 0.0833. The van der Waals surface area contributed by atoms with Crippen LogP contribution >= 0.6 is 15.9 Å². The Kier molecular flexibility index (Phi) is 2.63. The third-order valence-electron chi connectivity index (χ3n) is 2.86. The third kappa shape index (κ3) is 1.74. The molecular weight excluding hydrogens is 312 g/mol. The number of nitrogen functional groups attached to an aromatic ring is 1. The molecule has 19 heavy (non-hydrogen) atoms. The molecule has 0 atom stereocenters. The highest BCUT2D eigenvalue weighted by molar-refractivity contribution is 9.10. The zero-order valence-electron chi connectivity index (χ0n) is 9.92. The monoisotopic (exact) mass is 320 g/mol. The number of aromatic nitrogens is 3. The number of imidazole rings is 1. The van der Waals surface area contributed by atoms with E-state index in [0.29, 0.717) is 27.0 Å². The second-order valence-corrected chi connectivity index (χ2v) is 4.70. The quantitative estimate of drug-likeness (QED) is 0.693. The van der Waals surface area contributed by atoms with E-state index in [4.69, 9.17) is 10.5 Å². The van der Waals surface area contributed by atoms with E-state index in [1.54, 1.807) is 28.9 Å². The Balaban J connectivity index is 2.41. The van der Waals surface area contributed by atoms with Gasteiger partial charge < -0.3 is 10.5 Å². The number of ether oxygens (including phenoxy) is 1. The van der Waals surface area contributed by atoms with E-state index in [1.807, 2.05) is 0 Å². The van der Waals surface area contributed by atoms with E-state index in [2.05, 4.69) is 25.9 Å². The van der Waals surface area contributed by atoms with Gasteiger partial charge in [-0.05, 0) is 34.1 Å². The first-order valence-electron chi connectivity index (χ1n) is 5.42. The van der Waals surface area contributed by atoms with E-state index in [9.17, 15) is 4.79 Å². The summed E-state index contributed by atoms with van der Waals surface area (Å²) in [4.78, 5) is 20.0. The third-order valence-corrected chi connectivity index (χ3v) is 3.44. The maximum Gasteiger partial charge on any atom is 0.337 e. The summed E-state index contributed by atoms with van der Waals surface area (Å²) >= 11 is 3.32. The number of methoxy groups -OCH3 is 1. The molecule has 0 saturated carbocycles. The van der Waals surface area contributed by atoms with Crippen LogP contribution in [0, 0.1) is 0 Å². The zero-order valence-corrected chi connectivity index (χ0v) is 11.5. The van der Waals surface area contributed by atoms with Gasteiger partial charge in [0.25, 0.3) is 0 Å². The molecule has 2 aromatic heterocycles. The fourth-order valence-corrected chi connectivity index (χ4v) is 2.46. The molecule has 2 N–H and O–H groups in total. The first-order valence-corrected chi connectivity index (χ1v) is 6.21. The Morgan fingerprint density at radius 2 is 2.26 bits per heavy atom. The molecule has 0 aliphatic carbocycles.